The number of phenols is 1. The van der Waals surface area contributed by atoms with Gasteiger partial charge in [0.2, 0.25) is 0 Å². The first kappa shape index (κ1) is 9.67. The van der Waals surface area contributed by atoms with Crippen LogP contribution in [-0.2, 0) is 0 Å². The normalized spacial score (nSPS) is 10.1. The molecule has 0 radical (unpaired) electrons. The molecule has 2 N–H and O–H groups in total. The maximum absolute atomic E-state index is 10.6. The van der Waals surface area contributed by atoms with E-state index in [0.29, 0.717) is 5.01 Å². The van der Waals surface area contributed by atoms with Gasteiger partial charge in [0.05, 0.1) is 0 Å². The fraction of sp³-hybridized carbons (Fsp3) is 0. The molecule has 76 valence electrons. The first-order valence-electron chi connectivity index (χ1n) is 4.15. The Morgan fingerprint density at radius 3 is 2.47 bits per heavy atom. The van der Waals surface area contributed by atoms with Gasteiger partial charge in [0.1, 0.15) is 10.8 Å². The minimum Gasteiger partial charge on any atom is -0.508 e. The molecule has 1 aromatic heterocycles. The lowest BCUT2D eigenvalue weighted by Crippen LogP contribution is -1.95. The molecule has 1 aromatic carbocycles. The molecule has 0 bridgehead atoms. The quantitative estimate of drug-likeness (QED) is 0.815. The summed E-state index contributed by atoms with van der Waals surface area (Å²) in [5, 5.41) is 19.9. The Balaban J connectivity index is 2.37. The van der Waals surface area contributed by atoms with E-state index in [4.69, 9.17) is 10.2 Å². The van der Waals surface area contributed by atoms with Gasteiger partial charge >= 0.3 is 5.97 Å². The highest BCUT2D eigenvalue weighted by molar-refractivity contribution is 7.13. The van der Waals surface area contributed by atoms with Crippen molar-refractivity contribution < 1.29 is 15.0 Å². The monoisotopic (exact) mass is 221 g/mol. The lowest BCUT2D eigenvalue weighted by atomic mass is 10.2. The largest absolute Gasteiger partial charge is 0.508 e. The van der Waals surface area contributed by atoms with Crippen LogP contribution < -0.4 is 0 Å². The van der Waals surface area contributed by atoms with Gasteiger partial charge < -0.3 is 10.2 Å². The van der Waals surface area contributed by atoms with Crippen molar-refractivity contribution in [3.63, 3.8) is 0 Å². The highest BCUT2D eigenvalue weighted by Crippen LogP contribution is 2.25. The van der Waals surface area contributed by atoms with E-state index in [-0.39, 0.29) is 11.4 Å². The fourth-order valence-corrected chi connectivity index (χ4v) is 1.91. The average Bonchev–Trinajstić information content (AvgIpc) is 2.68. The summed E-state index contributed by atoms with van der Waals surface area (Å²) in [6.07, 6.45) is 0. The van der Waals surface area contributed by atoms with Gasteiger partial charge in [0.15, 0.2) is 5.69 Å². The fourth-order valence-electron chi connectivity index (χ4n) is 1.11. The van der Waals surface area contributed by atoms with Gasteiger partial charge in [-0.1, -0.05) is 0 Å². The van der Waals surface area contributed by atoms with Crippen molar-refractivity contribution in [1.29, 1.82) is 0 Å². The number of carboxylic acid groups (broad SMARTS) is 1. The van der Waals surface area contributed by atoms with Crippen molar-refractivity contribution in [3.05, 3.63) is 35.3 Å². The molecule has 5 heteroatoms. The van der Waals surface area contributed by atoms with Gasteiger partial charge in [-0.25, -0.2) is 9.78 Å². The molecule has 2 aromatic rings. The van der Waals surface area contributed by atoms with E-state index in [1.807, 2.05) is 0 Å². The summed E-state index contributed by atoms with van der Waals surface area (Å²) < 4.78 is 0. The standard InChI is InChI=1S/C10H7NO3S/c12-7-3-1-6(2-4-7)9-11-8(5-15-9)10(13)14/h1-5,12H,(H,13,14). The number of carboxylic acids is 1. The van der Waals surface area contributed by atoms with Gasteiger partial charge in [-0.15, -0.1) is 11.3 Å². The molecule has 0 aliphatic rings. The SMILES string of the molecule is O=C(O)c1csc(-c2ccc(O)cc2)n1. The van der Waals surface area contributed by atoms with E-state index >= 15 is 0 Å². The third-order valence-electron chi connectivity index (χ3n) is 1.84. The number of nitrogens with zero attached hydrogens (tertiary/aromatic N) is 1. The first-order chi connectivity index (χ1) is 7.16. The second-order valence-corrected chi connectivity index (χ2v) is 3.75. The van der Waals surface area contributed by atoms with Crippen LogP contribution in [-0.4, -0.2) is 21.2 Å². The van der Waals surface area contributed by atoms with Crippen molar-refractivity contribution in [2.45, 2.75) is 0 Å². The Hall–Kier alpha value is -1.88. The van der Waals surface area contributed by atoms with Gasteiger partial charge in [-0.2, -0.15) is 0 Å². The van der Waals surface area contributed by atoms with E-state index in [1.165, 1.54) is 28.8 Å². The molecule has 0 aliphatic heterocycles. The van der Waals surface area contributed by atoms with Crippen LogP contribution in [0.4, 0.5) is 0 Å². The number of rotatable bonds is 2. The molecule has 4 nitrogen and oxygen atoms in total. The smallest absolute Gasteiger partial charge is 0.355 e. The van der Waals surface area contributed by atoms with Crippen LogP contribution in [0.2, 0.25) is 0 Å². The van der Waals surface area contributed by atoms with E-state index in [1.54, 1.807) is 12.1 Å². The number of aromatic carboxylic acids is 1. The molecule has 0 atom stereocenters. The minimum absolute atomic E-state index is 0.0445. The molecule has 0 saturated heterocycles. The predicted molar refractivity (Wildman–Crippen MR) is 56.2 cm³/mol. The second-order valence-electron chi connectivity index (χ2n) is 2.89. The molecule has 1 heterocycles. The molecule has 15 heavy (non-hydrogen) atoms. The molecule has 0 fully saturated rings. The third kappa shape index (κ3) is 1.97. The molecule has 0 aliphatic carbocycles. The van der Waals surface area contributed by atoms with Gasteiger partial charge in [-0.05, 0) is 24.3 Å². The van der Waals surface area contributed by atoms with Crippen molar-refractivity contribution in [2.24, 2.45) is 0 Å². The van der Waals surface area contributed by atoms with Crippen LogP contribution in [0.1, 0.15) is 10.5 Å². The molecule has 0 saturated carbocycles. The summed E-state index contributed by atoms with van der Waals surface area (Å²) in [4.78, 5) is 14.6. The maximum Gasteiger partial charge on any atom is 0.355 e. The summed E-state index contributed by atoms with van der Waals surface area (Å²) in [6.45, 7) is 0. The molecular weight excluding hydrogens is 214 g/mol. The number of hydrogen-bond donors (Lipinski definition) is 2. The van der Waals surface area contributed by atoms with Crippen molar-refractivity contribution in [2.75, 3.05) is 0 Å². The third-order valence-corrected chi connectivity index (χ3v) is 2.73. The van der Waals surface area contributed by atoms with Crippen molar-refractivity contribution >= 4 is 17.3 Å². The van der Waals surface area contributed by atoms with Crippen LogP contribution in [0.3, 0.4) is 0 Å². The Morgan fingerprint density at radius 2 is 1.93 bits per heavy atom. The second kappa shape index (κ2) is 3.70. The Morgan fingerprint density at radius 1 is 1.27 bits per heavy atom. The Kier molecular flexibility index (Phi) is 2.39. The van der Waals surface area contributed by atoms with Crippen LogP contribution >= 0.6 is 11.3 Å². The molecule has 0 spiro atoms. The number of carbonyl (C=O) groups is 1. The highest BCUT2D eigenvalue weighted by atomic mass is 32.1. The lowest BCUT2D eigenvalue weighted by molar-refractivity contribution is 0.0691. The number of hydrogen-bond acceptors (Lipinski definition) is 4. The van der Waals surface area contributed by atoms with E-state index in [9.17, 15) is 4.79 Å². The number of aromatic nitrogens is 1. The lowest BCUT2D eigenvalue weighted by Gasteiger charge is -1.95. The van der Waals surface area contributed by atoms with Gasteiger partial charge in [0, 0.05) is 10.9 Å². The number of phenolic OH excluding ortho intramolecular Hbond substituents is 1. The minimum atomic E-state index is -1.03. The average molecular weight is 221 g/mol. The summed E-state index contributed by atoms with van der Waals surface area (Å²) in [5.41, 5.74) is 0.841. The number of aromatic hydroxyl groups is 1. The zero-order valence-electron chi connectivity index (χ0n) is 7.54. The number of benzene rings is 1. The highest BCUT2D eigenvalue weighted by Gasteiger charge is 2.09. The van der Waals surface area contributed by atoms with Crippen LogP contribution in [0.15, 0.2) is 29.6 Å². The zero-order chi connectivity index (χ0) is 10.8. The first-order valence-corrected chi connectivity index (χ1v) is 5.03. The van der Waals surface area contributed by atoms with Crippen LogP contribution in [0.25, 0.3) is 10.6 Å². The number of thiazole rings is 1. The van der Waals surface area contributed by atoms with Crippen LogP contribution in [0.5, 0.6) is 5.75 Å². The zero-order valence-corrected chi connectivity index (χ0v) is 8.36. The van der Waals surface area contributed by atoms with E-state index in [2.05, 4.69) is 4.98 Å². The topological polar surface area (TPSA) is 70.4 Å². The maximum atomic E-state index is 10.6. The summed E-state index contributed by atoms with van der Waals surface area (Å²) in [6, 6.07) is 6.47. The Labute approximate surface area is 89.5 Å². The molecule has 0 amide bonds. The van der Waals surface area contributed by atoms with E-state index in [0.717, 1.165) is 5.56 Å². The van der Waals surface area contributed by atoms with E-state index < -0.39 is 5.97 Å². The Bertz CT molecular complexity index is 490. The van der Waals surface area contributed by atoms with Gasteiger partial charge in [0.25, 0.3) is 0 Å². The molecule has 0 unspecified atom stereocenters. The summed E-state index contributed by atoms with van der Waals surface area (Å²) >= 11 is 1.26. The van der Waals surface area contributed by atoms with Gasteiger partial charge in [-0.3, -0.25) is 0 Å². The van der Waals surface area contributed by atoms with Crippen LogP contribution in [0, 0.1) is 0 Å². The molecular formula is C10H7NO3S. The summed E-state index contributed by atoms with van der Waals surface area (Å²) in [5.74, 6) is -0.856. The van der Waals surface area contributed by atoms with Crippen molar-refractivity contribution in [3.8, 4) is 16.3 Å². The summed E-state index contributed by atoms with van der Waals surface area (Å²) in [7, 11) is 0. The predicted octanol–water partition coefficient (Wildman–Crippen LogP) is 2.21. The van der Waals surface area contributed by atoms with Crippen molar-refractivity contribution in [1.82, 2.24) is 4.98 Å². The molecule has 2 rings (SSSR count).